The first-order valence-electron chi connectivity index (χ1n) is 10.2. The van der Waals surface area contributed by atoms with E-state index in [2.05, 4.69) is 71.5 Å². The Hall–Kier alpha value is -2.37. The number of rotatable bonds is 7. The van der Waals surface area contributed by atoms with Gasteiger partial charge in [0.05, 0.1) is 0 Å². The Kier molecular flexibility index (Phi) is 6.70. The third kappa shape index (κ3) is 4.91. The summed E-state index contributed by atoms with van der Waals surface area (Å²) in [4.78, 5) is 7.09. The third-order valence-corrected chi connectivity index (χ3v) is 5.65. The van der Waals surface area contributed by atoms with Gasteiger partial charge in [0.25, 0.3) is 0 Å². The predicted octanol–water partition coefficient (Wildman–Crippen LogP) is 4.46. The van der Waals surface area contributed by atoms with Gasteiger partial charge in [-0.3, -0.25) is 4.90 Å². The highest BCUT2D eigenvalue weighted by molar-refractivity contribution is 5.87. The number of benzene rings is 1. The quantitative estimate of drug-likeness (QED) is 0.695. The SMILES string of the molecule is C=C(Nc1cc2cc(/C(C)=C/N(C)NC)ccc2cn1)[C@H](C)N1CCCCC1. The van der Waals surface area contributed by atoms with Crippen LogP contribution >= 0.6 is 0 Å². The average Bonchev–Trinajstić information content (AvgIpc) is 2.73. The number of aromatic nitrogens is 1. The van der Waals surface area contributed by atoms with E-state index in [1.807, 2.05) is 25.3 Å². The molecule has 1 saturated heterocycles. The molecule has 2 aromatic rings. The molecule has 0 aliphatic carbocycles. The number of anilines is 1. The van der Waals surface area contributed by atoms with Gasteiger partial charge in [-0.2, -0.15) is 0 Å². The van der Waals surface area contributed by atoms with E-state index in [4.69, 9.17) is 0 Å². The van der Waals surface area contributed by atoms with Gasteiger partial charge in [0.1, 0.15) is 5.82 Å². The molecule has 2 heterocycles. The molecule has 0 radical (unpaired) electrons. The molecule has 0 bridgehead atoms. The zero-order valence-corrected chi connectivity index (χ0v) is 17.6. The Balaban J connectivity index is 1.77. The summed E-state index contributed by atoms with van der Waals surface area (Å²) in [6.45, 7) is 10.9. The maximum absolute atomic E-state index is 4.59. The number of nitrogens with zero attached hydrogens (tertiary/aromatic N) is 3. The number of pyridine rings is 1. The van der Waals surface area contributed by atoms with Crippen molar-refractivity contribution in [3.63, 3.8) is 0 Å². The molecule has 0 spiro atoms. The van der Waals surface area contributed by atoms with Gasteiger partial charge in [-0.25, -0.2) is 10.4 Å². The highest BCUT2D eigenvalue weighted by atomic mass is 15.5. The van der Waals surface area contributed by atoms with Gasteiger partial charge in [-0.15, -0.1) is 0 Å². The van der Waals surface area contributed by atoms with Crippen LogP contribution in [0, 0.1) is 0 Å². The van der Waals surface area contributed by atoms with Crippen LogP contribution in [0.5, 0.6) is 0 Å². The fourth-order valence-corrected chi connectivity index (χ4v) is 3.68. The topological polar surface area (TPSA) is 43.4 Å². The highest BCUT2D eigenvalue weighted by Gasteiger charge is 2.19. The van der Waals surface area contributed by atoms with Crippen LogP contribution in [-0.2, 0) is 0 Å². The molecule has 1 fully saturated rings. The molecular formula is C23H33N5. The van der Waals surface area contributed by atoms with Crippen LogP contribution < -0.4 is 10.7 Å². The standard InChI is InChI=1S/C23H33N5/c1-17(16-27(5)24-4)20-9-10-21-15-25-23(14-22(21)13-20)26-18(2)19(3)28-11-7-6-8-12-28/h9-10,13-16,19,24H,2,6-8,11-12H2,1,3-5H3,(H,25,26)/b17-16+/t19-/m0/s1. The van der Waals surface area contributed by atoms with E-state index in [-0.39, 0.29) is 0 Å². The number of fused-ring (bicyclic) bond motifs is 1. The second-order valence-electron chi connectivity index (χ2n) is 7.70. The first-order valence-corrected chi connectivity index (χ1v) is 10.2. The van der Waals surface area contributed by atoms with E-state index in [1.165, 1.54) is 35.8 Å². The lowest BCUT2D eigenvalue weighted by Gasteiger charge is -2.33. The first-order chi connectivity index (χ1) is 13.5. The molecule has 0 unspecified atom stereocenters. The van der Waals surface area contributed by atoms with E-state index >= 15 is 0 Å². The van der Waals surface area contributed by atoms with Gasteiger partial charge in [-0.1, -0.05) is 25.1 Å². The lowest BCUT2D eigenvalue weighted by atomic mass is 10.0. The maximum Gasteiger partial charge on any atom is 0.130 e. The van der Waals surface area contributed by atoms with Crippen molar-refractivity contribution in [2.24, 2.45) is 0 Å². The summed E-state index contributed by atoms with van der Waals surface area (Å²) < 4.78 is 0. The van der Waals surface area contributed by atoms with Gasteiger partial charge in [0, 0.05) is 43.6 Å². The molecule has 150 valence electrons. The molecule has 5 nitrogen and oxygen atoms in total. The predicted molar refractivity (Wildman–Crippen MR) is 120 cm³/mol. The van der Waals surface area contributed by atoms with Crippen LogP contribution in [-0.4, -0.2) is 48.1 Å². The van der Waals surface area contributed by atoms with Crippen molar-refractivity contribution in [2.75, 3.05) is 32.5 Å². The summed E-state index contributed by atoms with van der Waals surface area (Å²) in [7, 11) is 3.90. The van der Waals surface area contributed by atoms with E-state index in [1.54, 1.807) is 0 Å². The molecule has 2 N–H and O–H groups in total. The Morgan fingerprint density at radius 3 is 2.68 bits per heavy atom. The van der Waals surface area contributed by atoms with Gasteiger partial charge in [0.15, 0.2) is 0 Å². The number of nitrogens with one attached hydrogen (secondary N) is 2. The fraction of sp³-hybridized carbons (Fsp3) is 0.435. The summed E-state index contributed by atoms with van der Waals surface area (Å²) in [6, 6.07) is 8.91. The zero-order chi connectivity index (χ0) is 20.1. The smallest absolute Gasteiger partial charge is 0.130 e. The number of piperidine rings is 1. The van der Waals surface area contributed by atoms with Crippen LogP contribution in [0.1, 0.15) is 38.7 Å². The lowest BCUT2D eigenvalue weighted by molar-refractivity contribution is 0.195. The third-order valence-electron chi connectivity index (χ3n) is 5.65. The van der Waals surface area contributed by atoms with Crippen LogP contribution in [0.25, 0.3) is 16.3 Å². The number of hydrogen-bond donors (Lipinski definition) is 2. The molecule has 5 heteroatoms. The van der Waals surface area contributed by atoms with Gasteiger partial charge < -0.3 is 10.3 Å². The molecular weight excluding hydrogens is 346 g/mol. The largest absolute Gasteiger partial charge is 0.343 e. The summed E-state index contributed by atoms with van der Waals surface area (Å²) in [5.74, 6) is 0.854. The molecule has 1 aliphatic heterocycles. The minimum Gasteiger partial charge on any atom is -0.343 e. The lowest BCUT2D eigenvalue weighted by Crippen LogP contribution is -2.39. The molecule has 3 rings (SSSR count). The first kappa shape index (κ1) is 20.4. The van der Waals surface area contributed by atoms with Crippen molar-refractivity contribution >= 4 is 22.2 Å². The zero-order valence-electron chi connectivity index (χ0n) is 17.6. The van der Waals surface area contributed by atoms with Crippen LogP contribution in [0.15, 0.2) is 48.9 Å². The summed E-state index contributed by atoms with van der Waals surface area (Å²) in [5, 5.41) is 7.70. The Morgan fingerprint density at radius 2 is 1.96 bits per heavy atom. The Morgan fingerprint density at radius 1 is 1.21 bits per heavy atom. The summed E-state index contributed by atoms with van der Waals surface area (Å²) in [5.41, 5.74) is 6.51. The van der Waals surface area contributed by atoms with E-state index in [0.717, 1.165) is 30.0 Å². The van der Waals surface area contributed by atoms with E-state index in [0.29, 0.717) is 6.04 Å². The summed E-state index contributed by atoms with van der Waals surface area (Å²) >= 11 is 0. The van der Waals surface area contributed by atoms with Gasteiger partial charge in [-0.05, 0) is 68.4 Å². The van der Waals surface area contributed by atoms with Crippen molar-refractivity contribution in [3.8, 4) is 0 Å². The second-order valence-corrected chi connectivity index (χ2v) is 7.70. The van der Waals surface area contributed by atoms with E-state index in [9.17, 15) is 0 Å². The van der Waals surface area contributed by atoms with Gasteiger partial charge >= 0.3 is 0 Å². The molecule has 1 aliphatic rings. The molecule has 0 amide bonds. The molecule has 28 heavy (non-hydrogen) atoms. The van der Waals surface area contributed by atoms with Crippen molar-refractivity contribution in [3.05, 3.63) is 54.5 Å². The van der Waals surface area contributed by atoms with Crippen molar-refractivity contribution in [2.45, 2.75) is 39.2 Å². The molecule has 1 atom stereocenters. The second kappa shape index (κ2) is 9.22. The van der Waals surface area contributed by atoms with Crippen molar-refractivity contribution < 1.29 is 0 Å². The van der Waals surface area contributed by atoms with Crippen LogP contribution in [0.2, 0.25) is 0 Å². The summed E-state index contributed by atoms with van der Waals surface area (Å²) in [6.07, 6.45) is 7.92. The van der Waals surface area contributed by atoms with Crippen LogP contribution in [0.3, 0.4) is 0 Å². The minimum atomic E-state index is 0.311. The monoisotopic (exact) mass is 379 g/mol. The van der Waals surface area contributed by atoms with Crippen molar-refractivity contribution in [1.29, 1.82) is 0 Å². The Bertz CT molecular complexity index is 851. The number of allylic oxidation sites excluding steroid dienone is 1. The number of hydrogen-bond acceptors (Lipinski definition) is 5. The highest BCUT2D eigenvalue weighted by Crippen LogP contribution is 2.24. The van der Waals surface area contributed by atoms with Crippen molar-refractivity contribution in [1.82, 2.24) is 20.3 Å². The fourth-order valence-electron chi connectivity index (χ4n) is 3.68. The molecule has 1 aromatic carbocycles. The Labute approximate surface area is 169 Å². The molecule has 0 saturated carbocycles. The van der Waals surface area contributed by atoms with Crippen LogP contribution in [0.4, 0.5) is 5.82 Å². The van der Waals surface area contributed by atoms with Gasteiger partial charge in [0.2, 0.25) is 0 Å². The van der Waals surface area contributed by atoms with E-state index < -0.39 is 0 Å². The number of likely N-dealkylation sites (tertiary alicyclic amines) is 1. The molecule has 1 aromatic heterocycles. The maximum atomic E-state index is 4.59. The number of hydrazine groups is 1. The average molecular weight is 380 g/mol. The normalized spacial score (nSPS) is 16.8. The minimum absolute atomic E-state index is 0.311.